The van der Waals surface area contributed by atoms with Crippen molar-refractivity contribution in [1.29, 1.82) is 0 Å². The molecule has 140 valence electrons. The van der Waals surface area contributed by atoms with Gasteiger partial charge in [-0.05, 0) is 24.0 Å². The average molecular weight is 374 g/mol. The van der Waals surface area contributed by atoms with Gasteiger partial charge < -0.3 is 19.6 Å². The fourth-order valence-corrected chi connectivity index (χ4v) is 4.40. The SMILES string of the molecule is O=c1oc2ccccc2cc1-c1nc(N2CC3CNCC3C2)nc2nc[nH]c12. The number of nitrogens with zero attached hydrogens (tertiary/aromatic N) is 4. The van der Waals surface area contributed by atoms with E-state index in [1.165, 1.54) is 0 Å². The summed E-state index contributed by atoms with van der Waals surface area (Å²) in [5.74, 6) is 1.86. The van der Waals surface area contributed by atoms with Crippen molar-refractivity contribution in [1.82, 2.24) is 25.3 Å². The van der Waals surface area contributed by atoms with Gasteiger partial charge in [-0.15, -0.1) is 0 Å². The van der Waals surface area contributed by atoms with E-state index < -0.39 is 5.63 Å². The van der Waals surface area contributed by atoms with Crippen molar-refractivity contribution in [2.45, 2.75) is 0 Å². The number of anilines is 1. The normalized spacial score (nSPS) is 21.6. The Morgan fingerprint density at radius 2 is 1.93 bits per heavy atom. The van der Waals surface area contributed by atoms with Crippen molar-refractivity contribution in [3.63, 3.8) is 0 Å². The highest BCUT2D eigenvalue weighted by Gasteiger charge is 2.37. The van der Waals surface area contributed by atoms with Gasteiger partial charge in [-0.1, -0.05) is 18.2 Å². The number of fused-ring (bicyclic) bond motifs is 3. The molecule has 6 rings (SSSR count). The number of benzene rings is 1. The third kappa shape index (κ3) is 2.34. The maximum Gasteiger partial charge on any atom is 0.345 e. The number of hydrogen-bond acceptors (Lipinski definition) is 7. The van der Waals surface area contributed by atoms with Crippen molar-refractivity contribution in [2.75, 3.05) is 31.1 Å². The molecule has 28 heavy (non-hydrogen) atoms. The second-order valence-electron chi connectivity index (χ2n) is 7.54. The topological polar surface area (TPSA) is 99.9 Å². The third-order valence-corrected chi connectivity index (χ3v) is 5.84. The van der Waals surface area contributed by atoms with E-state index in [1.807, 2.05) is 24.3 Å². The van der Waals surface area contributed by atoms with E-state index in [0.29, 0.717) is 45.8 Å². The Labute approximate surface area is 159 Å². The van der Waals surface area contributed by atoms with Gasteiger partial charge in [0.1, 0.15) is 16.8 Å². The van der Waals surface area contributed by atoms with Gasteiger partial charge >= 0.3 is 5.63 Å². The zero-order valence-corrected chi connectivity index (χ0v) is 15.1. The molecule has 2 atom stereocenters. The van der Waals surface area contributed by atoms with Crippen LogP contribution in [0.2, 0.25) is 0 Å². The number of aromatic nitrogens is 4. The van der Waals surface area contributed by atoms with Crippen LogP contribution in [-0.2, 0) is 0 Å². The molecule has 0 saturated carbocycles. The zero-order valence-electron chi connectivity index (χ0n) is 15.1. The molecule has 8 heteroatoms. The second-order valence-corrected chi connectivity index (χ2v) is 7.54. The van der Waals surface area contributed by atoms with Crippen LogP contribution < -0.4 is 15.8 Å². The molecule has 3 aromatic heterocycles. The highest BCUT2D eigenvalue weighted by molar-refractivity contribution is 5.90. The largest absolute Gasteiger partial charge is 0.422 e. The Bertz CT molecular complexity index is 1250. The number of H-pyrrole nitrogens is 1. The first-order valence-corrected chi connectivity index (χ1v) is 9.46. The molecule has 8 nitrogen and oxygen atoms in total. The van der Waals surface area contributed by atoms with Gasteiger partial charge in [-0.25, -0.2) is 14.8 Å². The summed E-state index contributed by atoms with van der Waals surface area (Å²) in [6.45, 7) is 3.90. The summed E-state index contributed by atoms with van der Waals surface area (Å²) in [7, 11) is 0. The van der Waals surface area contributed by atoms with Gasteiger partial charge in [-0.3, -0.25) is 0 Å². The van der Waals surface area contributed by atoms with Crippen LogP contribution in [0.4, 0.5) is 5.95 Å². The first-order valence-electron chi connectivity index (χ1n) is 9.46. The predicted octanol–water partition coefficient (Wildman–Crippen LogP) is 1.78. The van der Waals surface area contributed by atoms with Crippen LogP contribution in [0.5, 0.6) is 0 Å². The lowest BCUT2D eigenvalue weighted by molar-refractivity contribution is 0.533. The van der Waals surface area contributed by atoms with Crippen LogP contribution in [0.15, 0.2) is 45.9 Å². The van der Waals surface area contributed by atoms with Gasteiger partial charge in [0.15, 0.2) is 5.65 Å². The fourth-order valence-electron chi connectivity index (χ4n) is 4.40. The number of para-hydroxylation sites is 1. The summed E-state index contributed by atoms with van der Waals surface area (Å²) in [5, 5.41) is 4.30. The van der Waals surface area contributed by atoms with Crippen LogP contribution in [-0.4, -0.2) is 46.1 Å². The Kier molecular flexibility index (Phi) is 3.30. The minimum absolute atomic E-state index is 0.414. The number of aromatic amines is 1. The lowest BCUT2D eigenvalue weighted by Gasteiger charge is -2.18. The standard InChI is InChI=1S/C20H18N6O2/c27-19-14(5-11-3-1-2-4-15(11)28-19)16-17-18(23-10-22-17)25-20(24-16)26-8-12-6-21-7-13(12)9-26/h1-5,10,12-13,21H,6-9H2,(H,22,23,24,25). The average Bonchev–Trinajstić information content (AvgIpc) is 3.42. The van der Waals surface area contributed by atoms with Crippen LogP contribution in [0.1, 0.15) is 0 Å². The van der Waals surface area contributed by atoms with Gasteiger partial charge in [0, 0.05) is 31.6 Å². The number of rotatable bonds is 2. The first kappa shape index (κ1) is 15.8. The molecular formula is C20H18N6O2. The van der Waals surface area contributed by atoms with Crippen molar-refractivity contribution >= 4 is 28.1 Å². The van der Waals surface area contributed by atoms with E-state index in [2.05, 4.69) is 25.2 Å². The Morgan fingerprint density at radius 1 is 1.11 bits per heavy atom. The molecule has 2 N–H and O–H groups in total. The molecule has 2 unspecified atom stereocenters. The highest BCUT2D eigenvalue weighted by atomic mass is 16.4. The summed E-state index contributed by atoms with van der Waals surface area (Å²) in [6, 6.07) is 9.30. The molecule has 0 spiro atoms. The van der Waals surface area contributed by atoms with E-state index in [1.54, 1.807) is 12.4 Å². The molecule has 0 bridgehead atoms. The van der Waals surface area contributed by atoms with Gasteiger partial charge in [0.2, 0.25) is 5.95 Å². The smallest absolute Gasteiger partial charge is 0.345 e. The molecule has 0 radical (unpaired) electrons. The van der Waals surface area contributed by atoms with Crippen molar-refractivity contribution in [2.24, 2.45) is 11.8 Å². The van der Waals surface area contributed by atoms with Crippen LogP contribution in [0.25, 0.3) is 33.4 Å². The highest BCUT2D eigenvalue weighted by Crippen LogP contribution is 2.31. The minimum atomic E-state index is -0.415. The predicted molar refractivity (Wildman–Crippen MR) is 105 cm³/mol. The monoisotopic (exact) mass is 374 g/mol. The van der Waals surface area contributed by atoms with Crippen LogP contribution in [0.3, 0.4) is 0 Å². The summed E-state index contributed by atoms with van der Waals surface area (Å²) in [4.78, 5) is 31.7. The number of imidazole rings is 1. The van der Waals surface area contributed by atoms with Crippen molar-refractivity contribution < 1.29 is 4.42 Å². The van der Waals surface area contributed by atoms with Gasteiger partial charge in [0.05, 0.1) is 11.9 Å². The zero-order chi connectivity index (χ0) is 18.7. The molecule has 0 amide bonds. The summed E-state index contributed by atoms with van der Waals surface area (Å²) < 4.78 is 5.53. The summed E-state index contributed by atoms with van der Waals surface area (Å²) in [6.07, 6.45) is 1.58. The van der Waals surface area contributed by atoms with E-state index >= 15 is 0 Å². The molecule has 5 heterocycles. The molecule has 1 aromatic carbocycles. The second kappa shape index (κ2) is 5.87. The molecule has 2 aliphatic rings. The molecule has 4 aromatic rings. The molecule has 2 fully saturated rings. The van der Waals surface area contributed by atoms with Crippen LogP contribution >= 0.6 is 0 Å². The Hall–Kier alpha value is -3.26. The maximum atomic E-state index is 12.7. The maximum absolute atomic E-state index is 12.7. The number of nitrogens with one attached hydrogen (secondary N) is 2. The summed E-state index contributed by atoms with van der Waals surface area (Å²) in [5.41, 5.74) is 2.30. The lowest BCUT2D eigenvalue weighted by atomic mass is 10.0. The van der Waals surface area contributed by atoms with Crippen molar-refractivity contribution in [3.8, 4) is 11.3 Å². The first-order chi connectivity index (χ1) is 13.8. The van der Waals surface area contributed by atoms with E-state index in [9.17, 15) is 4.79 Å². The quantitative estimate of drug-likeness (QED) is 0.516. The van der Waals surface area contributed by atoms with Gasteiger partial charge in [0.25, 0.3) is 0 Å². The Balaban J connectivity index is 1.52. The molecular weight excluding hydrogens is 356 g/mol. The fraction of sp³-hybridized carbons (Fsp3) is 0.300. The Morgan fingerprint density at radius 3 is 2.79 bits per heavy atom. The van der Waals surface area contributed by atoms with E-state index in [4.69, 9.17) is 9.40 Å². The van der Waals surface area contributed by atoms with Gasteiger partial charge in [-0.2, -0.15) is 4.98 Å². The van der Waals surface area contributed by atoms with E-state index in [-0.39, 0.29) is 0 Å². The molecule has 0 aliphatic carbocycles. The molecule has 2 saturated heterocycles. The van der Waals surface area contributed by atoms with Crippen molar-refractivity contribution in [3.05, 3.63) is 47.1 Å². The third-order valence-electron chi connectivity index (χ3n) is 5.84. The number of hydrogen-bond donors (Lipinski definition) is 2. The van der Waals surface area contributed by atoms with Crippen LogP contribution in [0, 0.1) is 11.8 Å². The van der Waals surface area contributed by atoms with E-state index in [0.717, 1.165) is 31.6 Å². The minimum Gasteiger partial charge on any atom is -0.422 e. The summed E-state index contributed by atoms with van der Waals surface area (Å²) >= 11 is 0. The lowest BCUT2D eigenvalue weighted by Crippen LogP contribution is -2.27. The molecule has 2 aliphatic heterocycles.